The largest absolute Gasteiger partial charge is 0.354 e. The first-order valence-electron chi connectivity index (χ1n) is 2.13. The van der Waals surface area contributed by atoms with E-state index in [0.29, 0.717) is 0 Å². The molecule has 0 fully saturated rings. The molecule has 0 aromatic heterocycles. The van der Waals surface area contributed by atoms with Crippen LogP contribution < -0.4 is 5.32 Å². The lowest BCUT2D eigenvalue weighted by Gasteiger charge is -1.96. The molecule has 1 atom stereocenters. The summed E-state index contributed by atoms with van der Waals surface area (Å²) in [6.45, 7) is 1.95. The van der Waals surface area contributed by atoms with Crippen LogP contribution in [0.1, 0.15) is 6.92 Å². The number of thiocarbonyl (C=S) groups is 1. The zero-order chi connectivity index (χ0) is 5.28. The minimum atomic E-state index is 0.201. The van der Waals surface area contributed by atoms with E-state index in [-0.39, 0.29) is 6.17 Å². The summed E-state index contributed by atoms with van der Waals surface area (Å²) in [5.74, 6) is 0. The van der Waals surface area contributed by atoms with Crippen LogP contribution >= 0.6 is 12.2 Å². The van der Waals surface area contributed by atoms with Gasteiger partial charge in [-0.2, -0.15) is 0 Å². The first-order valence-corrected chi connectivity index (χ1v) is 2.53. The van der Waals surface area contributed by atoms with Gasteiger partial charge in [0.05, 0.1) is 6.21 Å². The van der Waals surface area contributed by atoms with E-state index in [4.69, 9.17) is 12.2 Å². The molecule has 0 unspecified atom stereocenters. The monoisotopic (exact) mass is 114 g/mol. The van der Waals surface area contributed by atoms with Gasteiger partial charge in [-0.15, -0.1) is 0 Å². The molecule has 1 N–H and O–H groups in total. The molecule has 2 nitrogen and oxygen atoms in total. The highest BCUT2D eigenvalue weighted by atomic mass is 32.1. The van der Waals surface area contributed by atoms with Gasteiger partial charge in [-0.1, -0.05) is 12.2 Å². The molecule has 0 aliphatic carbocycles. The van der Waals surface area contributed by atoms with Crippen LogP contribution in [0.2, 0.25) is 0 Å². The maximum Gasteiger partial charge on any atom is 0.119 e. The van der Waals surface area contributed by atoms with Gasteiger partial charge in [-0.25, -0.2) is 0 Å². The van der Waals surface area contributed by atoms with Gasteiger partial charge in [-0.3, -0.25) is 4.99 Å². The molecular weight excluding hydrogens is 108 g/mol. The Labute approximate surface area is 47.6 Å². The molecule has 7 heavy (non-hydrogen) atoms. The third-order valence-electron chi connectivity index (χ3n) is 0.767. The van der Waals surface area contributed by atoms with Gasteiger partial charge < -0.3 is 5.32 Å². The number of nitrogens with one attached hydrogen (secondary N) is 1. The van der Waals surface area contributed by atoms with Crippen LogP contribution in [0.15, 0.2) is 4.99 Å². The Bertz CT molecular complexity index is 119. The second-order valence-corrected chi connectivity index (χ2v) is 1.90. The lowest BCUT2D eigenvalue weighted by molar-refractivity contribution is 0.733. The number of nitrogens with zero attached hydrogens (tertiary/aromatic N) is 1. The van der Waals surface area contributed by atoms with Crippen molar-refractivity contribution in [2.45, 2.75) is 13.1 Å². The molecule has 0 saturated heterocycles. The zero-order valence-corrected chi connectivity index (χ0v) is 4.83. The van der Waals surface area contributed by atoms with Crippen molar-refractivity contribution in [3.05, 3.63) is 0 Å². The SMILES string of the molecule is C[C@@H]1N=CC(=S)N1. The Hall–Kier alpha value is -0.440. The molecule has 1 rings (SSSR count). The van der Waals surface area contributed by atoms with E-state index in [1.165, 1.54) is 0 Å². The summed E-state index contributed by atoms with van der Waals surface area (Å²) in [6, 6.07) is 0. The lowest BCUT2D eigenvalue weighted by atomic mass is 10.6. The number of hydrogen-bond donors (Lipinski definition) is 1. The van der Waals surface area contributed by atoms with E-state index in [1.807, 2.05) is 6.92 Å². The summed E-state index contributed by atoms with van der Waals surface area (Å²) >= 11 is 4.74. The van der Waals surface area contributed by atoms with Crippen LogP contribution in [0, 0.1) is 0 Å². The summed E-state index contributed by atoms with van der Waals surface area (Å²) in [6.07, 6.45) is 1.87. The predicted octanol–water partition coefficient (Wildman–Crippen LogP) is 0.334. The Morgan fingerprint density at radius 3 is 2.86 bits per heavy atom. The van der Waals surface area contributed by atoms with E-state index in [9.17, 15) is 0 Å². The molecule has 38 valence electrons. The fourth-order valence-corrected chi connectivity index (χ4v) is 0.691. The second kappa shape index (κ2) is 1.58. The Morgan fingerprint density at radius 2 is 2.71 bits per heavy atom. The van der Waals surface area contributed by atoms with Crippen molar-refractivity contribution in [3.63, 3.8) is 0 Å². The standard InChI is InChI=1S/C4H6N2S/c1-3-5-2-4(7)6-3/h2-3H,1H3,(H,6,7)/t3-/m1/s1. The number of aliphatic imine (C=N–C) groups is 1. The van der Waals surface area contributed by atoms with Crippen LogP contribution in [0.4, 0.5) is 0 Å². The predicted molar refractivity (Wildman–Crippen MR) is 33.7 cm³/mol. The first-order chi connectivity index (χ1) is 3.29. The summed E-state index contributed by atoms with van der Waals surface area (Å²) in [7, 11) is 0. The average Bonchev–Trinajstić information content (AvgIpc) is 1.87. The third kappa shape index (κ3) is 0.962. The van der Waals surface area contributed by atoms with Crippen molar-refractivity contribution in [2.75, 3.05) is 0 Å². The smallest absolute Gasteiger partial charge is 0.119 e. The summed E-state index contributed by atoms with van der Waals surface area (Å²) < 4.78 is 0. The summed E-state index contributed by atoms with van der Waals surface area (Å²) in [4.78, 5) is 4.68. The molecule has 0 aromatic carbocycles. The van der Waals surface area contributed by atoms with E-state index >= 15 is 0 Å². The maximum atomic E-state index is 4.74. The summed E-state index contributed by atoms with van der Waals surface area (Å²) in [5, 5.41) is 2.93. The minimum absolute atomic E-state index is 0.201. The van der Waals surface area contributed by atoms with Crippen LogP contribution in [0.25, 0.3) is 0 Å². The van der Waals surface area contributed by atoms with Crippen molar-refractivity contribution in [2.24, 2.45) is 4.99 Å². The van der Waals surface area contributed by atoms with Crippen molar-refractivity contribution in [1.29, 1.82) is 0 Å². The molecule has 1 heterocycles. The van der Waals surface area contributed by atoms with Crippen molar-refractivity contribution >= 4 is 23.4 Å². The summed E-state index contributed by atoms with van der Waals surface area (Å²) in [5.41, 5.74) is 0. The highest BCUT2D eigenvalue weighted by Gasteiger charge is 2.03. The molecule has 1 aliphatic heterocycles. The molecule has 0 aromatic rings. The van der Waals surface area contributed by atoms with E-state index < -0.39 is 0 Å². The highest BCUT2D eigenvalue weighted by Crippen LogP contribution is 1.89. The van der Waals surface area contributed by atoms with Crippen LogP contribution in [-0.2, 0) is 0 Å². The van der Waals surface area contributed by atoms with Gasteiger partial charge in [-0.05, 0) is 6.92 Å². The van der Waals surface area contributed by atoms with Gasteiger partial charge in [0.2, 0.25) is 0 Å². The molecule has 3 heteroatoms. The van der Waals surface area contributed by atoms with E-state index in [2.05, 4.69) is 10.3 Å². The molecule has 0 bridgehead atoms. The average molecular weight is 114 g/mol. The Balaban J connectivity index is 2.58. The number of rotatable bonds is 0. The molecule has 0 saturated carbocycles. The normalized spacial score (nSPS) is 28.1. The van der Waals surface area contributed by atoms with Gasteiger partial charge in [0.25, 0.3) is 0 Å². The van der Waals surface area contributed by atoms with Crippen molar-refractivity contribution < 1.29 is 0 Å². The van der Waals surface area contributed by atoms with Gasteiger partial charge in [0.1, 0.15) is 11.2 Å². The number of hydrogen-bond acceptors (Lipinski definition) is 2. The molecule has 0 spiro atoms. The van der Waals surface area contributed by atoms with E-state index in [0.717, 1.165) is 4.99 Å². The first kappa shape index (κ1) is 4.71. The van der Waals surface area contributed by atoms with E-state index in [1.54, 1.807) is 6.21 Å². The van der Waals surface area contributed by atoms with Crippen LogP contribution in [-0.4, -0.2) is 17.4 Å². The quantitative estimate of drug-likeness (QED) is 0.459. The van der Waals surface area contributed by atoms with Crippen molar-refractivity contribution in [1.82, 2.24) is 5.32 Å². The minimum Gasteiger partial charge on any atom is -0.354 e. The zero-order valence-electron chi connectivity index (χ0n) is 4.01. The Kier molecular flexibility index (Phi) is 1.06. The van der Waals surface area contributed by atoms with Crippen LogP contribution in [0.5, 0.6) is 0 Å². The maximum absolute atomic E-state index is 4.74. The van der Waals surface area contributed by atoms with Gasteiger partial charge >= 0.3 is 0 Å². The van der Waals surface area contributed by atoms with Gasteiger partial charge in [0, 0.05) is 0 Å². The lowest BCUT2D eigenvalue weighted by Crippen LogP contribution is -2.22. The van der Waals surface area contributed by atoms with Gasteiger partial charge in [0.15, 0.2) is 0 Å². The molecule has 1 aliphatic rings. The molecular formula is C4H6N2S. The van der Waals surface area contributed by atoms with Crippen molar-refractivity contribution in [3.8, 4) is 0 Å². The molecule has 0 amide bonds. The Morgan fingerprint density at radius 1 is 2.00 bits per heavy atom. The fourth-order valence-electron chi connectivity index (χ4n) is 0.460. The third-order valence-corrected chi connectivity index (χ3v) is 0.990. The second-order valence-electron chi connectivity index (χ2n) is 1.46. The fraction of sp³-hybridized carbons (Fsp3) is 0.500. The highest BCUT2D eigenvalue weighted by molar-refractivity contribution is 7.81. The van der Waals surface area contributed by atoms with Crippen LogP contribution in [0.3, 0.4) is 0 Å². The topological polar surface area (TPSA) is 24.4 Å². The molecule has 0 radical (unpaired) electrons.